The van der Waals surface area contributed by atoms with E-state index in [-0.39, 0.29) is 11.9 Å². The fourth-order valence-corrected chi connectivity index (χ4v) is 4.15. The van der Waals surface area contributed by atoms with Gasteiger partial charge in [0.05, 0.1) is 12.5 Å². The zero-order chi connectivity index (χ0) is 21.6. The highest BCUT2D eigenvalue weighted by atomic mass is 16.5. The maximum atomic E-state index is 12.3. The van der Waals surface area contributed by atoms with Gasteiger partial charge in [-0.1, -0.05) is 130 Å². The largest absolute Gasteiger partial charge is 0.465 e. The standard InChI is InChI=1S/C27H54O2/c1-5-8-10-12-14-15-16-17-19-22-25(4)27(28)29-24-26(21-7-3)23-20-18-13-11-9-6-2/h25-26H,5-24H2,1-4H3. The summed E-state index contributed by atoms with van der Waals surface area (Å²) >= 11 is 0. The van der Waals surface area contributed by atoms with E-state index in [1.807, 2.05) is 0 Å². The van der Waals surface area contributed by atoms with E-state index < -0.39 is 0 Å². The molecule has 2 atom stereocenters. The Morgan fingerprint density at radius 2 is 1.03 bits per heavy atom. The molecule has 0 N–H and O–H groups in total. The summed E-state index contributed by atoms with van der Waals surface area (Å²) in [6.07, 6.45) is 24.6. The summed E-state index contributed by atoms with van der Waals surface area (Å²) in [7, 11) is 0. The van der Waals surface area contributed by atoms with Gasteiger partial charge in [0.25, 0.3) is 0 Å². The van der Waals surface area contributed by atoms with Crippen molar-refractivity contribution < 1.29 is 9.53 Å². The average Bonchev–Trinajstić information content (AvgIpc) is 2.72. The molecule has 2 nitrogen and oxygen atoms in total. The summed E-state index contributed by atoms with van der Waals surface area (Å²) in [6.45, 7) is 9.47. The van der Waals surface area contributed by atoms with Crippen molar-refractivity contribution in [2.24, 2.45) is 11.8 Å². The molecule has 0 radical (unpaired) electrons. The highest BCUT2D eigenvalue weighted by Crippen LogP contribution is 2.19. The summed E-state index contributed by atoms with van der Waals surface area (Å²) in [5, 5.41) is 0. The van der Waals surface area contributed by atoms with Gasteiger partial charge in [0, 0.05) is 0 Å². The second kappa shape index (κ2) is 22.2. The molecule has 0 amide bonds. The lowest BCUT2D eigenvalue weighted by molar-refractivity contribution is -0.149. The molecule has 0 bridgehead atoms. The number of rotatable bonds is 22. The zero-order valence-electron chi connectivity index (χ0n) is 20.6. The van der Waals surface area contributed by atoms with Gasteiger partial charge >= 0.3 is 5.97 Å². The maximum Gasteiger partial charge on any atom is 0.308 e. The van der Waals surface area contributed by atoms with Crippen molar-refractivity contribution in [1.82, 2.24) is 0 Å². The Bertz CT molecular complexity index is 339. The van der Waals surface area contributed by atoms with Crippen molar-refractivity contribution in [3.8, 4) is 0 Å². The molecule has 0 fully saturated rings. The van der Waals surface area contributed by atoms with E-state index in [9.17, 15) is 4.79 Å². The lowest BCUT2D eigenvalue weighted by Gasteiger charge is -2.18. The Hall–Kier alpha value is -0.530. The van der Waals surface area contributed by atoms with Crippen LogP contribution in [0, 0.1) is 11.8 Å². The number of unbranched alkanes of at least 4 members (excludes halogenated alkanes) is 13. The third-order valence-corrected chi connectivity index (χ3v) is 6.27. The summed E-state index contributed by atoms with van der Waals surface area (Å²) in [5.41, 5.74) is 0. The number of carbonyl (C=O) groups excluding carboxylic acids is 1. The number of carbonyl (C=O) groups is 1. The normalized spacial score (nSPS) is 13.4. The number of hydrogen-bond donors (Lipinski definition) is 0. The Morgan fingerprint density at radius 1 is 0.586 bits per heavy atom. The predicted molar refractivity (Wildman–Crippen MR) is 128 cm³/mol. The lowest BCUT2D eigenvalue weighted by Crippen LogP contribution is -2.19. The number of ether oxygens (including phenoxy) is 1. The highest BCUT2D eigenvalue weighted by molar-refractivity contribution is 5.71. The molecular formula is C27H54O2. The van der Waals surface area contributed by atoms with Gasteiger partial charge in [-0.05, 0) is 25.2 Å². The monoisotopic (exact) mass is 410 g/mol. The Balaban J connectivity index is 3.75. The van der Waals surface area contributed by atoms with Crippen LogP contribution in [-0.4, -0.2) is 12.6 Å². The van der Waals surface area contributed by atoms with Gasteiger partial charge in [-0.2, -0.15) is 0 Å². The fraction of sp³-hybridized carbons (Fsp3) is 0.963. The van der Waals surface area contributed by atoms with Gasteiger partial charge in [0.15, 0.2) is 0 Å². The molecule has 2 heteroatoms. The highest BCUT2D eigenvalue weighted by Gasteiger charge is 2.16. The number of hydrogen-bond acceptors (Lipinski definition) is 2. The molecule has 0 saturated carbocycles. The average molecular weight is 411 g/mol. The van der Waals surface area contributed by atoms with Gasteiger partial charge in [0.2, 0.25) is 0 Å². The summed E-state index contributed by atoms with van der Waals surface area (Å²) < 4.78 is 5.71. The second-order valence-electron chi connectivity index (χ2n) is 9.36. The first-order chi connectivity index (χ1) is 14.2. The molecule has 174 valence electrons. The molecule has 29 heavy (non-hydrogen) atoms. The first-order valence-corrected chi connectivity index (χ1v) is 13.3. The molecule has 0 spiro atoms. The lowest BCUT2D eigenvalue weighted by atomic mass is 9.96. The van der Waals surface area contributed by atoms with E-state index in [1.54, 1.807) is 0 Å². The first-order valence-electron chi connectivity index (χ1n) is 13.3. The van der Waals surface area contributed by atoms with E-state index in [2.05, 4.69) is 27.7 Å². The van der Waals surface area contributed by atoms with Gasteiger partial charge in [-0.3, -0.25) is 4.79 Å². The van der Waals surface area contributed by atoms with E-state index in [0.29, 0.717) is 12.5 Å². The summed E-state index contributed by atoms with van der Waals surface area (Å²) in [4.78, 5) is 12.3. The van der Waals surface area contributed by atoms with Crippen LogP contribution in [-0.2, 0) is 9.53 Å². The molecule has 2 unspecified atom stereocenters. The summed E-state index contributed by atoms with van der Waals surface area (Å²) in [6, 6.07) is 0. The fourth-order valence-electron chi connectivity index (χ4n) is 4.15. The Kier molecular flexibility index (Phi) is 21.8. The van der Waals surface area contributed by atoms with Crippen LogP contribution in [0.1, 0.15) is 150 Å². The molecule has 0 rings (SSSR count). The predicted octanol–water partition coefficient (Wildman–Crippen LogP) is 9.25. The van der Waals surface area contributed by atoms with Crippen molar-refractivity contribution in [3.05, 3.63) is 0 Å². The van der Waals surface area contributed by atoms with Crippen molar-refractivity contribution >= 4 is 5.97 Å². The van der Waals surface area contributed by atoms with Gasteiger partial charge in [-0.25, -0.2) is 0 Å². The van der Waals surface area contributed by atoms with Crippen molar-refractivity contribution in [3.63, 3.8) is 0 Å². The SMILES string of the molecule is CCCCCCCCCCCC(C)C(=O)OCC(CCC)CCCCCCCC. The van der Waals surface area contributed by atoms with Gasteiger partial charge in [-0.15, -0.1) is 0 Å². The second-order valence-corrected chi connectivity index (χ2v) is 9.36. The van der Waals surface area contributed by atoms with Crippen LogP contribution in [0.5, 0.6) is 0 Å². The minimum absolute atomic E-state index is 0.0358. The summed E-state index contributed by atoms with van der Waals surface area (Å²) in [5.74, 6) is 0.666. The molecule has 0 aromatic carbocycles. The van der Waals surface area contributed by atoms with Gasteiger partial charge in [0.1, 0.15) is 0 Å². The molecule has 0 aliphatic rings. The molecule has 0 aliphatic heterocycles. The Morgan fingerprint density at radius 3 is 1.52 bits per heavy atom. The molecule has 0 aromatic heterocycles. The van der Waals surface area contributed by atoms with Crippen LogP contribution >= 0.6 is 0 Å². The van der Waals surface area contributed by atoms with E-state index >= 15 is 0 Å². The van der Waals surface area contributed by atoms with Gasteiger partial charge < -0.3 is 4.74 Å². The topological polar surface area (TPSA) is 26.3 Å². The third kappa shape index (κ3) is 19.2. The van der Waals surface area contributed by atoms with Crippen LogP contribution in [0.15, 0.2) is 0 Å². The Labute approximate surface area is 184 Å². The minimum atomic E-state index is 0.0358. The van der Waals surface area contributed by atoms with Crippen molar-refractivity contribution in [2.45, 2.75) is 150 Å². The van der Waals surface area contributed by atoms with Crippen molar-refractivity contribution in [2.75, 3.05) is 6.61 Å². The van der Waals surface area contributed by atoms with Crippen LogP contribution in [0.3, 0.4) is 0 Å². The molecule has 0 aromatic rings. The number of esters is 1. The van der Waals surface area contributed by atoms with Crippen molar-refractivity contribution in [1.29, 1.82) is 0 Å². The van der Waals surface area contributed by atoms with E-state index in [1.165, 1.54) is 116 Å². The molecule has 0 heterocycles. The maximum absolute atomic E-state index is 12.3. The molecule has 0 aliphatic carbocycles. The molecular weight excluding hydrogens is 356 g/mol. The van der Waals surface area contributed by atoms with Crippen LogP contribution in [0.4, 0.5) is 0 Å². The minimum Gasteiger partial charge on any atom is -0.465 e. The third-order valence-electron chi connectivity index (χ3n) is 6.27. The molecule has 0 saturated heterocycles. The van der Waals surface area contributed by atoms with E-state index in [4.69, 9.17) is 4.74 Å². The zero-order valence-corrected chi connectivity index (χ0v) is 20.6. The van der Waals surface area contributed by atoms with Crippen LogP contribution < -0.4 is 0 Å². The smallest absolute Gasteiger partial charge is 0.308 e. The van der Waals surface area contributed by atoms with E-state index in [0.717, 1.165) is 6.42 Å². The van der Waals surface area contributed by atoms with Crippen LogP contribution in [0.25, 0.3) is 0 Å². The van der Waals surface area contributed by atoms with Crippen LogP contribution in [0.2, 0.25) is 0 Å². The quantitative estimate of drug-likeness (QED) is 0.131. The first kappa shape index (κ1) is 28.5.